The maximum Gasteiger partial charge on any atom is 0.328 e. The van der Waals surface area contributed by atoms with Gasteiger partial charge in [0.15, 0.2) is 0 Å². The highest BCUT2D eigenvalue weighted by molar-refractivity contribution is 5.81. The third-order valence-corrected chi connectivity index (χ3v) is 3.67. The van der Waals surface area contributed by atoms with Gasteiger partial charge in [-0.2, -0.15) is 0 Å². The molecule has 0 heterocycles. The van der Waals surface area contributed by atoms with Crippen LogP contribution < -0.4 is 0 Å². The predicted octanol–water partition coefficient (Wildman–Crippen LogP) is -0.751. The summed E-state index contributed by atoms with van der Waals surface area (Å²) in [6.45, 7) is -2.43. The molecule has 6 N–H and O–H groups in total. The molecule has 0 saturated carbocycles. The van der Waals surface area contributed by atoms with Crippen molar-refractivity contribution in [2.45, 2.75) is 6.42 Å². The number of aliphatic hydroxyl groups is 3. The van der Waals surface area contributed by atoms with Gasteiger partial charge >= 0.3 is 17.9 Å². The summed E-state index contributed by atoms with van der Waals surface area (Å²) in [6, 6.07) is 0. The van der Waals surface area contributed by atoms with Crippen LogP contribution in [0, 0.1) is 10.8 Å². The van der Waals surface area contributed by atoms with Gasteiger partial charge in [-0.05, 0) is 6.42 Å². The molecular formula is C15H20O9. The van der Waals surface area contributed by atoms with E-state index in [1.165, 1.54) is 0 Å². The van der Waals surface area contributed by atoms with Gasteiger partial charge in [0.05, 0.1) is 19.8 Å². The van der Waals surface area contributed by atoms with Crippen LogP contribution in [0.15, 0.2) is 36.5 Å². The van der Waals surface area contributed by atoms with Crippen molar-refractivity contribution in [2.75, 3.05) is 19.8 Å². The van der Waals surface area contributed by atoms with Gasteiger partial charge in [-0.25, -0.2) is 14.4 Å². The summed E-state index contributed by atoms with van der Waals surface area (Å²) >= 11 is 0. The van der Waals surface area contributed by atoms with E-state index in [2.05, 4.69) is 0 Å². The van der Waals surface area contributed by atoms with E-state index in [0.29, 0.717) is 12.2 Å². The number of carboxylic acid groups (broad SMARTS) is 3. The average Bonchev–Trinajstić information content (AvgIpc) is 2.52. The normalized spacial score (nSPS) is 15.1. The van der Waals surface area contributed by atoms with Crippen LogP contribution in [0.1, 0.15) is 6.42 Å². The fourth-order valence-corrected chi connectivity index (χ4v) is 2.18. The van der Waals surface area contributed by atoms with E-state index in [0.717, 1.165) is 24.3 Å². The second-order valence-corrected chi connectivity index (χ2v) is 5.07. The quantitative estimate of drug-likeness (QED) is 0.264. The third kappa shape index (κ3) is 5.61. The Morgan fingerprint density at radius 2 is 1.04 bits per heavy atom. The lowest BCUT2D eigenvalue weighted by molar-refractivity contribution is -0.132. The molecule has 0 saturated heterocycles. The van der Waals surface area contributed by atoms with E-state index in [1.54, 1.807) is 0 Å². The first-order valence-corrected chi connectivity index (χ1v) is 6.75. The van der Waals surface area contributed by atoms with Crippen molar-refractivity contribution in [3.05, 3.63) is 36.5 Å². The number of allylic oxidation sites excluding steroid dienone is 1. The Kier molecular flexibility index (Phi) is 8.61. The molecule has 0 aromatic carbocycles. The molecule has 0 aromatic heterocycles. The molecule has 24 heavy (non-hydrogen) atoms. The molecule has 0 rings (SSSR count). The highest BCUT2D eigenvalue weighted by Gasteiger charge is 2.47. The zero-order chi connectivity index (χ0) is 18.8. The average molecular weight is 344 g/mol. The smallest absolute Gasteiger partial charge is 0.328 e. The highest BCUT2D eigenvalue weighted by Crippen LogP contribution is 2.45. The summed E-state index contributed by atoms with van der Waals surface area (Å²) < 4.78 is 0. The minimum absolute atomic E-state index is 0.273. The Balaban J connectivity index is 6.20. The lowest BCUT2D eigenvalue weighted by atomic mass is 9.62. The van der Waals surface area contributed by atoms with Crippen molar-refractivity contribution in [2.24, 2.45) is 10.8 Å². The van der Waals surface area contributed by atoms with Crippen LogP contribution >= 0.6 is 0 Å². The lowest BCUT2D eigenvalue weighted by Gasteiger charge is -2.44. The molecule has 0 spiro atoms. The largest absolute Gasteiger partial charge is 0.478 e. The summed E-state index contributed by atoms with van der Waals surface area (Å²) in [6.07, 6.45) is 4.85. The molecular weight excluding hydrogens is 324 g/mol. The molecule has 0 fully saturated rings. The molecule has 0 aliphatic carbocycles. The van der Waals surface area contributed by atoms with Gasteiger partial charge in [0.1, 0.15) is 0 Å². The minimum Gasteiger partial charge on any atom is -0.478 e. The molecule has 0 aromatic rings. The van der Waals surface area contributed by atoms with Crippen molar-refractivity contribution in [3.8, 4) is 0 Å². The number of carboxylic acids is 3. The summed E-state index contributed by atoms with van der Waals surface area (Å²) in [4.78, 5) is 32.1. The first-order chi connectivity index (χ1) is 11.2. The summed E-state index contributed by atoms with van der Waals surface area (Å²) in [5, 5.41) is 55.4. The maximum absolute atomic E-state index is 10.8. The first-order valence-electron chi connectivity index (χ1n) is 6.75. The number of aliphatic carboxylic acids is 3. The Labute approximate surface area is 137 Å². The first kappa shape index (κ1) is 21.5. The second kappa shape index (κ2) is 9.60. The van der Waals surface area contributed by atoms with Crippen molar-refractivity contribution < 1.29 is 45.0 Å². The Hall–Kier alpha value is -2.49. The van der Waals surface area contributed by atoms with Crippen LogP contribution in [0.4, 0.5) is 0 Å². The summed E-state index contributed by atoms with van der Waals surface area (Å²) in [5.41, 5.74) is -3.39. The Bertz CT molecular complexity index is 543. The van der Waals surface area contributed by atoms with Crippen LogP contribution in [0.3, 0.4) is 0 Å². The van der Waals surface area contributed by atoms with E-state index < -0.39 is 48.6 Å². The molecule has 9 heteroatoms. The van der Waals surface area contributed by atoms with Crippen LogP contribution in [0.5, 0.6) is 0 Å². The fourth-order valence-electron chi connectivity index (χ4n) is 2.18. The van der Waals surface area contributed by atoms with Crippen molar-refractivity contribution >= 4 is 17.9 Å². The minimum atomic E-state index is -1.74. The molecule has 0 aliphatic rings. The highest BCUT2D eigenvalue weighted by atomic mass is 16.4. The molecule has 0 amide bonds. The van der Waals surface area contributed by atoms with Gasteiger partial charge < -0.3 is 30.6 Å². The Morgan fingerprint density at radius 1 is 0.667 bits per heavy atom. The van der Waals surface area contributed by atoms with Crippen molar-refractivity contribution in [1.82, 2.24) is 0 Å². The number of carbonyl (C=O) groups is 3. The second-order valence-electron chi connectivity index (χ2n) is 5.07. The van der Waals surface area contributed by atoms with E-state index in [9.17, 15) is 29.7 Å². The number of rotatable bonds is 11. The topological polar surface area (TPSA) is 173 Å². The van der Waals surface area contributed by atoms with Crippen LogP contribution in [-0.2, 0) is 14.4 Å². The summed E-state index contributed by atoms with van der Waals surface area (Å²) in [5.74, 6) is -4.04. The number of hydrogen-bond donors (Lipinski definition) is 6. The number of aliphatic hydroxyl groups excluding tert-OH is 3. The molecule has 0 aliphatic heterocycles. The van der Waals surface area contributed by atoms with Gasteiger partial charge in [-0.3, -0.25) is 0 Å². The standard InChI is InChI=1S/C15H20O9/c16-8-14(6-3-12(21)22,5-1-2-11(19)20)15(9-17,10-18)7-4-13(23)24/h1-4,6-7,16-18H,5,8-10H2,(H,19,20)(H,21,22)(H,23,24). The lowest BCUT2D eigenvalue weighted by Crippen LogP contribution is -2.47. The predicted molar refractivity (Wildman–Crippen MR) is 81.1 cm³/mol. The third-order valence-electron chi connectivity index (χ3n) is 3.67. The van der Waals surface area contributed by atoms with Gasteiger partial charge in [0.2, 0.25) is 0 Å². The van der Waals surface area contributed by atoms with Crippen molar-refractivity contribution in [3.63, 3.8) is 0 Å². The van der Waals surface area contributed by atoms with Crippen LogP contribution in [-0.4, -0.2) is 68.4 Å². The van der Waals surface area contributed by atoms with Gasteiger partial charge in [-0.1, -0.05) is 18.2 Å². The van der Waals surface area contributed by atoms with Crippen LogP contribution in [0.25, 0.3) is 0 Å². The Morgan fingerprint density at radius 3 is 1.38 bits per heavy atom. The molecule has 1 unspecified atom stereocenters. The van der Waals surface area contributed by atoms with E-state index in [4.69, 9.17) is 15.3 Å². The van der Waals surface area contributed by atoms with Gasteiger partial charge in [0.25, 0.3) is 0 Å². The van der Waals surface area contributed by atoms with E-state index in [1.807, 2.05) is 0 Å². The van der Waals surface area contributed by atoms with Gasteiger partial charge in [0, 0.05) is 29.1 Å². The monoisotopic (exact) mass is 344 g/mol. The molecule has 134 valence electrons. The van der Waals surface area contributed by atoms with E-state index >= 15 is 0 Å². The maximum atomic E-state index is 10.8. The molecule has 0 radical (unpaired) electrons. The fraction of sp³-hybridized carbons (Fsp3) is 0.400. The molecule has 0 bridgehead atoms. The van der Waals surface area contributed by atoms with Gasteiger partial charge in [-0.15, -0.1) is 0 Å². The van der Waals surface area contributed by atoms with E-state index in [-0.39, 0.29) is 6.42 Å². The summed E-state index contributed by atoms with van der Waals surface area (Å²) in [7, 11) is 0. The van der Waals surface area contributed by atoms with Crippen LogP contribution in [0.2, 0.25) is 0 Å². The zero-order valence-corrected chi connectivity index (χ0v) is 12.7. The molecule has 1 atom stereocenters. The molecule has 9 nitrogen and oxygen atoms in total. The number of hydrogen-bond acceptors (Lipinski definition) is 6. The zero-order valence-electron chi connectivity index (χ0n) is 12.7. The van der Waals surface area contributed by atoms with Crippen molar-refractivity contribution in [1.29, 1.82) is 0 Å². The SMILES string of the molecule is O=C(O)C=CCC(C=CC(=O)O)(CO)C(C=CC(=O)O)(CO)CO.